The first kappa shape index (κ1) is 12.6. The van der Waals surface area contributed by atoms with Crippen LogP contribution in [0.5, 0.6) is 0 Å². The normalized spacial score (nSPS) is 21.0. The highest BCUT2D eigenvalue weighted by atomic mass is 16.2. The van der Waals surface area contributed by atoms with Crippen LogP contribution >= 0.6 is 0 Å². The number of hydrogen-bond donors (Lipinski definition) is 1. The van der Waals surface area contributed by atoms with Crippen LogP contribution in [0.4, 0.5) is 0 Å². The van der Waals surface area contributed by atoms with Crippen molar-refractivity contribution in [1.29, 1.82) is 0 Å². The van der Waals surface area contributed by atoms with Gasteiger partial charge in [0.05, 0.1) is 18.4 Å². The summed E-state index contributed by atoms with van der Waals surface area (Å²) in [5.74, 6) is -0.375. The largest absolute Gasteiger partial charge is 0.295 e. The van der Waals surface area contributed by atoms with Crippen LogP contribution in [0.3, 0.4) is 0 Å². The van der Waals surface area contributed by atoms with Crippen molar-refractivity contribution in [2.24, 2.45) is 16.8 Å². The maximum Gasteiger partial charge on any atom is 0.240 e. The van der Waals surface area contributed by atoms with Crippen LogP contribution in [0.25, 0.3) is 0 Å². The van der Waals surface area contributed by atoms with Crippen molar-refractivity contribution in [3.05, 3.63) is 48.6 Å². The summed E-state index contributed by atoms with van der Waals surface area (Å²) >= 11 is 0. The Morgan fingerprint density at radius 2 is 1.65 bits per heavy atom. The number of aliphatic imine (C=N–C) groups is 1. The Morgan fingerprint density at radius 1 is 1.05 bits per heavy atom. The second-order valence-electron chi connectivity index (χ2n) is 4.78. The molecule has 1 aliphatic heterocycles. The zero-order valence-corrected chi connectivity index (χ0v) is 10.9. The van der Waals surface area contributed by atoms with Crippen molar-refractivity contribution >= 4 is 17.8 Å². The number of allylic oxidation sites excluding steroid dienone is 4. The van der Waals surface area contributed by atoms with Gasteiger partial charge in [-0.15, -0.1) is 0 Å². The molecule has 0 saturated heterocycles. The Hall–Kier alpha value is -2.43. The van der Waals surface area contributed by atoms with Gasteiger partial charge in [-0.1, -0.05) is 48.6 Å². The van der Waals surface area contributed by atoms with E-state index in [0.717, 1.165) is 0 Å². The second kappa shape index (κ2) is 5.28. The predicted molar refractivity (Wildman–Crippen MR) is 75.7 cm³/mol. The molecule has 0 radical (unpaired) electrons. The third-order valence-electron chi connectivity index (χ3n) is 3.43. The molecule has 2 aliphatic carbocycles. The molecular formula is C15H15N3O2. The van der Waals surface area contributed by atoms with Gasteiger partial charge in [0, 0.05) is 6.54 Å². The van der Waals surface area contributed by atoms with Gasteiger partial charge in [-0.05, 0) is 0 Å². The van der Waals surface area contributed by atoms with Gasteiger partial charge >= 0.3 is 0 Å². The van der Waals surface area contributed by atoms with Gasteiger partial charge in [0.2, 0.25) is 17.8 Å². The summed E-state index contributed by atoms with van der Waals surface area (Å²) in [6.07, 6.45) is 14.6. The molecule has 20 heavy (non-hydrogen) atoms. The summed E-state index contributed by atoms with van der Waals surface area (Å²) in [5, 5.41) is 2.74. The Balaban J connectivity index is 1.66. The Bertz CT molecular complexity index is 560. The third-order valence-corrected chi connectivity index (χ3v) is 3.43. The van der Waals surface area contributed by atoms with Crippen LogP contribution in [0.2, 0.25) is 0 Å². The molecule has 1 heterocycles. The van der Waals surface area contributed by atoms with Crippen LogP contribution in [0, 0.1) is 11.8 Å². The maximum atomic E-state index is 12.3. The zero-order valence-electron chi connectivity index (χ0n) is 10.9. The Morgan fingerprint density at radius 3 is 2.30 bits per heavy atom. The molecule has 0 saturated carbocycles. The molecule has 5 heteroatoms. The van der Waals surface area contributed by atoms with E-state index in [4.69, 9.17) is 0 Å². The number of nitrogens with zero attached hydrogens (tertiary/aromatic N) is 2. The van der Waals surface area contributed by atoms with Gasteiger partial charge in [-0.3, -0.25) is 24.8 Å². The van der Waals surface area contributed by atoms with E-state index in [0.29, 0.717) is 19.0 Å². The van der Waals surface area contributed by atoms with Crippen molar-refractivity contribution in [3.63, 3.8) is 0 Å². The molecule has 0 aromatic carbocycles. The molecule has 0 unspecified atom stereocenters. The van der Waals surface area contributed by atoms with E-state index in [1.165, 1.54) is 0 Å². The molecule has 0 atom stereocenters. The lowest BCUT2D eigenvalue weighted by Gasteiger charge is -2.21. The molecule has 0 fully saturated rings. The molecule has 0 aromatic rings. The fraction of sp³-hybridized carbons (Fsp3) is 0.267. The minimum atomic E-state index is -0.276. The van der Waals surface area contributed by atoms with Crippen molar-refractivity contribution in [2.75, 3.05) is 13.1 Å². The lowest BCUT2D eigenvalue weighted by Crippen LogP contribution is -2.47. The third kappa shape index (κ3) is 2.34. The molecule has 3 aliphatic rings. The number of nitrogens with one attached hydrogen (secondary N) is 1. The minimum Gasteiger partial charge on any atom is -0.295 e. The summed E-state index contributed by atoms with van der Waals surface area (Å²) in [5.41, 5.74) is 0. The van der Waals surface area contributed by atoms with E-state index >= 15 is 0 Å². The first-order chi connectivity index (χ1) is 9.75. The molecule has 0 aromatic heterocycles. The molecular weight excluding hydrogens is 254 g/mol. The summed E-state index contributed by atoms with van der Waals surface area (Å²) in [6.45, 7) is 1.04. The van der Waals surface area contributed by atoms with Crippen LogP contribution in [0.15, 0.2) is 53.6 Å². The summed E-state index contributed by atoms with van der Waals surface area (Å²) < 4.78 is 0. The average Bonchev–Trinajstić information content (AvgIpc) is 3.20. The first-order valence-electron chi connectivity index (χ1n) is 6.62. The van der Waals surface area contributed by atoms with Gasteiger partial charge in [0.1, 0.15) is 0 Å². The average molecular weight is 269 g/mol. The van der Waals surface area contributed by atoms with Crippen LogP contribution < -0.4 is 5.32 Å². The molecule has 3 rings (SSSR count). The van der Waals surface area contributed by atoms with Crippen LogP contribution in [-0.4, -0.2) is 35.8 Å². The van der Waals surface area contributed by atoms with Gasteiger partial charge in [-0.2, -0.15) is 0 Å². The van der Waals surface area contributed by atoms with E-state index in [1.54, 1.807) is 17.1 Å². The van der Waals surface area contributed by atoms with E-state index in [9.17, 15) is 9.59 Å². The molecule has 5 nitrogen and oxygen atoms in total. The highest BCUT2D eigenvalue weighted by molar-refractivity contribution is 6.07. The fourth-order valence-corrected chi connectivity index (χ4v) is 2.35. The predicted octanol–water partition coefficient (Wildman–Crippen LogP) is 0.785. The molecule has 102 valence electrons. The topological polar surface area (TPSA) is 61.8 Å². The van der Waals surface area contributed by atoms with Crippen molar-refractivity contribution < 1.29 is 9.59 Å². The van der Waals surface area contributed by atoms with Gasteiger partial charge < -0.3 is 0 Å². The summed E-state index contributed by atoms with van der Waals surface area (Å²) in [7, 11) is 0. The van der Waals surface area contributed by atoms with E-state index in [2.05, 4.69) is 10.3 Å². The zero-order chi connectivity index (χ0) is 13.9. The minimum absolute atomic E-state index is 0.0518. The van der Waals surface area contributed by atoms with Gasteiger partial charge in [-0.25, -0.2) is 0 Å². The first-order valence-corrected chi connectivity index (χ1v) is 6.62. The van der Waals surface area contributed by atoms with Crippen molar-refractivity contribution in [2.45, 2.75) is 0 Å². The van der Waals surface area contributed by atoms with E-state index < -0.39 is 0 Å². The SMILES string of the molecule is O=C(NC1=NCCN1C(=O)C1C=CC=C1)C1C=CC=C1. The Kier molecular flexibility index (Phi) is 3.33. The second-order valence-corrected chi connectivity index (χ2v) is 4.78. The van der Waals surface area contributed by atoms with Crippen molar-refractivity contribution in [1.82, 2.24) is 10.2 Å². The lowest BCUT2D eigenvalue weighted by molar-refractivity contribution is -0.128. The standard InChI is InChI=1S/C15H15N3O2/c19-13(11-5-1-2-6-11)17-15-16-9-10-18(15)14(20)12-7-3-4-8-12/h1-8,11-12H,9-10H2,(H,16,17,19). The highest BCUT2D eigenvalue weighted by Gasteiger charge is 2.30. The van der Waals surface area contributed by atoms with E-state index in [1.807, 2.05) is 36.5 Å². The van der Waals surface area contributed by atoms with Crippen LogP contribution in [0.1, 0.15) is 0 Å². The van der Waals surface area contributed by atoms with E-state index in [-0.39, 0.29) is 23.7 Å². The number of carbonyl (C=O) groups is 2. The number of carbonyl (C=O) groups excluding carboxylic acids is 2. The molecule has 0 spiro atoms. The Labute approximate surface area is 117 Å². The maximum absolute atomic E-state index is 12.3. The quantitative estimate of drug-likeness (QED) is 0.805. The number of amides is 2. The molecule has 2 amide bonds. The number of hydrogen-bond acceptors (Lipinski definition) is 3. The van der Waals surface area contributed by atoms with Crippen LogP contribution in [-0.2, 0) is 9.59 Å². The number of rotatable bonds is 2. The molecule has 1 N–H and O–H groups in total. The lowest BCUT2D eigenvalue weighted by atomic mass is 10.1. The summed E-state index contributed by atoms with van der Waals surface area (Å²) in [6, 6.07) is 0. The molecule has 0 bridgehead atoms. The highest BCUT2D eigenvalue weighted by Crippen LogP contribution is 2.15. The smallest absolute Gasteiger partial charge is 0.240 e. The summed E-state index contributed by atoms with van der Waals surface area (Å²) in [4.78, 5) is 30.1. The van der Waals surface area contributed by atoms with Crippen molar-refractivity contribution in [3.8, 4) is 0 Å². The number of guanidine groups is 1. The fourth-order valence-electron chi connectivity index (χ4n) is 2.35. The van der Waals surface area contributed by atoms with Gasteiger partial charge in [0.25, 0.3) is 0 Å². The van der Waals surface area contributed by atoms with Gasteiger partial charge in [0.15, 0.2) is 0 Å². The monoisotopic (exact) mass is 269 g/mol.